The minimum absolute atomic E-state index is 0.254. The summed E-state index contributed by atoms with van der Waals surface area (Å²) in [5.41, 5.74) is 0.254. The zero-order valence-corrected chi connectivity index (χ0v) is 7.23. The van der Waals surface area contributed by atoms with Crippen LogP contribution >= 0.6 is 0 Å². The largest absolute Gasteiger partial charge is 0.427 e. The lowest BCUT2D eigenvalue weighted by Gasteiger charge is -1.97. The molecule has 0 aliphatic rings. The van der Waals surface area contributed by atoms with E-state index in [0.29, 0.717) is 6.42 Å². The maximum absolute atomic E-state index is 10.9. The molecule has 4 heteroatoms. The number of benzene rings is 1. The van der Waals surface area contributed by atoms with Gasteiger partial charge in [-0.1, -0.05) is 19.1 Å². The van der Waals surface area contributed by atoms with Crippen LogP contribution < -0.4 is 4.74 Å². The van der Waals surface area contributed by atoms with Crippen LogP contribution in [0.3, 0.4) is 0 Å². The van der Waals surface area contributed by atoms with Gasteiger partial charge in [-0.15, -0.1) is 0 Å². The van der Waals surface area contributed by atoms with Crippen molar-refractivity contribution in [1.29, 1.82) is 5.39 Å². The molecule has 13 heavy (non-hydrogen) atoms. The molecule has 1 aromatic rings. The number of rotatable bonds is 2. The van der Waals surface area contributed by atoms with Gasteiger partial charge in [-0.3, -0.25) is 4.79 Å². The van der Waals surface area contributed by atoms with Crippen LogP contribution in [0, 0.1) is 5.39 Å². The highest BCUT2D eigenvalue weighted by Gasteiger charge is 2.15. The van der Waals surface area contributed by atoms with Gasteiger partial charge in [0, 0.05) is 12.5 Å². The van der Waals surface area contributed by atoms with Gasteiger partial charge in [-0.25, -0.2) is 0 Å². The molecule has 0 saturated carbocycles. The van der Waals surface area contributed by atoms with Crippen molar-refractivity contribution in [3.63, 3.8) is 0 Å². The topological polar surface area (TPSA) is 54.5 Å². The molecule has 0 aliphatic carbocycles. The second-order valence-electron chi connectivity index (χ2n) is 2.40. The molecule has 0 amide bonds. The Balaban J connectivity index is 2.89. The molecule has 0 aliphatic heterocycles. The maximum Gasteiger partial charge on any atom is 0.427 e. The van der Waals surface area contributed by atoms with E-state index in [1.807, 2.05) is 0 Å². The molecular weight excluding hydrogens is 168 g/mol. The fourth-order valence-electron chi connectivity index (χ4n) is 0.821. The zero-order valence-electron chi connectivity index (χ0n) is 7.23. The highest BCUT2D eigenvalue weighted by atomic mass is 16.5. The third-order valence-corrected chi connectivity index (χ3v) is 1.49. The van der Waals surface area contributed by atoms with Crippen molar-refractivity contribution in [2.75, 3.05) is 0 Å². The van der Waals surface area contributed by atoms with E-state index >= 15 is 0 Å². The van der Waals surface area contributed by atoms with Gasteiger partial charge in [0.2, 0.25) is 11.1 Å². The van der Waals surface area contributed by atoms with E-state index in [1.54, 1.807) is 31.2 Å². The first kappa shape index (κ1) is 9.20. The fourth-order valence-corrected chi connectivity index (χ4v) is 0.821. The number of carbonyl (C=O) groups excluding carboxylic acids is 1. The summed E-state index contributed by atoms with van der Waals surface area (Å²) >= 11 is 0. The van der Waals surface area contributed by atoms with Crippen molar-refractivity contribution >= 4 is 11.7 Å². The molecule has 0 spiro atoms. The van der Waals surface area contributed by atoms with E-state index in [0.717, 1.165) is 0 Å². The van der Waals surface area contributed by atoms with Crippen LogP contribution in [0.2, 0.25) is 0 Å². The highest BCUT2D eigenvalue weighted by Crippen LogP contribution is 2.26. The van der Waals surface area contributed by atoms with Gasteiger partial charge in [0.1, 0.15) is 0 Å². The Morgan fingerprint density at radius 2 is 2.23 bits per heavy atom. The first-order chi connectivity index (χ1) is 6.27. The number of diazo groups is 1. The molecule has 0 N–H and O–H groups in total. The van der Waals surface area contributed by atoms with Gasteiger partial charge < -0.3 is 4.74 Å². The van der Waals surface area contributed by atoms with Crippen LogP contribution in [-0.4, -0.2) is 5.97 Å². The van der Waals surface area contributed by atoms with Gasteiger partial charge in [0.05, 0.1) is 0 Å². The quantitative estimate of drug-likeness (QED) is 0.396. The normalized spacial score (nSPS) is 8.92. The Bertz CT molecular complexity index is 355. The smallest absolute Gasteiger partial charge is 0.418 e. The molecule has 1 rings (SSSR count). The van der Waals surface area contributed by atoms with Crippen LogP contribution in [0.5, 0.6) is 5.75 Å². The lowest BCUT2D eigenvalue weighted by atomic mass is 10.3. The molecule has 0 aromatic heterocycles. The van der Waals surface area contributed by atoms with E-state index in [9.17, 15) is 4.79 Å². The van der Waals surface area contributed by atoms with Crippen LogP contribution in [0.1, 0.15) is 13.3 Å². The average molecular weight is 177 g/mol. The molecule has 0 atom stereocenters. The summed E-state index contributed by atoms with van der Waals surface area (Å²) in [6, 6.07) is 6.52. The van der Waals surface area contributed by atoms with Crippen molar-refractivity contribution in [3.05, 3.63) is 29.2 Å². The summed E-state index contributed by atoms with van der Waals surface area (Å²) in [5.74, 6) is -0.0760. The lowest BCUT2D eigenvalue weighted by molar-refractivity contribution is -0.133. The number of para-hydroxylation sites is 1. The molecule has 1 aromatic carbocycles. The Hall–Kier alpha value is -1.89. The second kappa shape index (κ2) is 4.21. The number of hydrogen-bond acceptors (Lipinski definition) is 3. The van der Waals surface area contributed by atoms with Crippen LogP contribution in [0.15, 0.2) is 24.3 Å². The van der Waals surface area contributed by atoms with Gasteiger partial charge in [-0.05, 0) is 6.07 Å². The number of carbonyl (C=O) groups is 1. The minimum atomic E-state index is -0.351. The maximum atomic E-state index is 10.9. The summed E-state index contributed by atoms with van der Waals surface area (Å²) in [4.78, 5) is 13.9. The molecule has 0 bridgehead atoms. The number of ether oxygens (including phenoxy) is 1. The van der Waals surface area contributed by atoms with Gasteiger partial charge in [0.15, 0.2) is 4.98 Å². The van der Waals surface area contributed by atoms with Crippen molar-refractivity contribution in [3.8, 4) is 5.75 Å². The van der Waals surface area contributed by atoms with E-state index in [-0.39, 0.29) is 17.4 Å². The zero-order chi connectivity index (χ0) is 9.68. The molecule has 0 fully saturated rings. The summed E-state index contributed by atoms with van der Waals surface area (Å²) in [6.45, 7) is 1.70. The van der Waals surface area contributed by atoms with Crippen LogP contribution in [0.4, 0.5) is 5.69 Å². The van der Waals surface area contributed by atoms with Gasteiger partial charge in [0.25, 0.3) is 0 Å². The predicted octanol–water partition coefficient (Wildman–Crippen LogP) is 2.49. The van der Waals surface area contributed by atoms with Crippen molar-refractivity contribution in [2.45, 2.75) is 13.3 Å². The molecule has 0 radical (unpaired) electrons. The van der Waals surface area contributed by atoms with E-state index in [1.165, 1.54) is 0 Å². The second-order valence-corrected chi connectivity index (χ2v) is 2.40. The standard InChI is InChI=1S/C9H9N2O2/c1-2-9(12)13-8-6-4-3-5-7(8)11-10/h3-6H,2H2,1H3/q+1. The Morgan fingerprint density at radius 1 is 1.54 bits per heavy atom. The first-order valence-corrected chi connectivity index (χ1v) is 3.92. The molecule has 0 unspecified atom stereocenters. The molecule has 66 valence electrons. The van der Waals surface area contributed by atoms with Crippen molar-refractivity contribution in [1.82, 2.24) is 0 Å². The summed E-state index contributed by atoms with van der Waals surface area (Å²) in [7, 11) is 0. The van der Waals surface area contributed by atoms with Gasteiger partial charge >= 0.3 is 11.7 Å². The highest BCUT2D eigenvalue weighted by molar-refractivity contribution is 5.74. The third-order valence-electron chi connectivity index (χ3n) is 1.49. The third kappa shape index (κ3) is 2.27. The van der Waals surface area contributed by atoms with E-state index in [2.05, 4.69) is 4.98 Å². The Labute approximate surface area is 75.8 Å². The molecule has 0 saturated heterocycles. The number of nitrogens with zero attached hydrogens (tertiary/aromatic N) is 2. The SMILES string of the molecule is CCC(=O)Oc1ccccc1[N+]#N. The molecule has 4 nitrogen and oxygen atoms in total. The number of hydrogen-bond donors (Lipinski definition) is 0. The summed E-state index contributed by atoms with van der Waals surface area (Å²) in [5, 5.41) is 8.54. The first-order valence-electron chi connectivity index (χ1n) is 3.92. The lowest BCUT2D eigenvalue weighted by Crippen LogP contribution is -2.05. The predicted molar refractivity (Wildman–Crippen MR) is 47.1 cm³/mol. The summed E-state index contributed by atoms with van der Waals surface area (Å²) < 4.78 is 4.89. The Kier molecular flexibility index (Phi) is 2.98. The Morgan fingerprint density at radius 3 is 2.85 bits per heavy atom. The minimum Gasteiger partial charge on any atom is -0.418 e. The van der Waals surface area contributed by atoms with E-state index in [4.69, 9.17) is 10.1 Å². The summed E-state index contributed by atoms with van der Waals surface area (Å²) in [6.07, 6.45) is 0.291. The van der Waals surface area contributed by atoms with Crippen LogP contribution in [-0.2, 0) is 4.79 Å². The van der Waals surface area contributed by atoms with Crippen molar-refractivity contribution < 1.29 is 9.53 Å². The van der Waals surface area contributed by atoms with E-state index < -0.39 is 0 Å². The van der Waals surface area contributed by atoms with Crippen LogP contribution in [0.25, 0.3) is 4.98 Å². The average Bonchev–Trinajstić information content (AvgIpc) is 2.18. The molecular formula is C9H9N2O2+. The number of esters is 1. The monoisotopic (exact) mass is 177 g/mol. The van der Waals surface area contributed by atoms with Gasteiger partial charge in [-0.2, -0.15) is 0 Å². The fraction of sp³-hybridized carbons (Fsp3) is 0.222. The van der Waals surface area contributed by atoms with Crippen molar-refractivity contribution in [2.24, 2.45) is 0 Å². The molecule has 0 heterocycles.